The van der Waals surface area contributed by atoms with E-state index in [2.05, 4.69) is 118 Å². The Morgan fingerprint density at radius 3 is 0.711 bits per heavy atom. The van der Waals surface area contributed by atoms with Crippen molar-refractivity contribution in [1.29, 1.82) is 0 Å². The zero-order valence-corrected chi connectivity index (χ0v) is 35.3. The molecule has 0 radical (unpaired) electrons. The van der Waals surface area contributed by atoms with Crippen LogP contribution in [0.2, 0.25) is 0 Å². The molecule has 270 valence electrons. The summed E-state index contributed by atoms with van der Waals surface area (Å²) in [7, 11) is 0. The number of hydrogen-bond donors (Lipinski definition) is 0. The molecule has 3 fully saturated rings. The SMILES string of the molecule is CC(C)CCCC(SC(C)C)C1CCC1.CC(C)CCC[C@@H](SC(C)C)C1CCC1.CC(C)CCC[C@H](SC(C)C)C1CCC1. The van der Waals surface area contributed by atoms with Gasteiger partial charge in [0, 0.05) is 15.7 Å². The second-order valence-corrected chi connectivity index (χ2v) is 22.7. The number of rotatable bonds is 21. The molecule has 3 atom stereocenters. The molecule has 0 aromatic heterocycles. The fourth-order valence-corrected chi connectivity index (χ4v) is 11.4. The van der Waals surface area contributed by atoms with E-state index in [0.29, 0.717) is 0 Å². The van der Waals surface area contributed by atoms with Crippen molar-refractivity contribution >= 4 is 35.3 Å². The van der Waals surface area contributed by atoms with Crippen LogP contribution >= 0.6 is 35.3 Å². The first-order valence-corrected chi connectivity index (χ1v) is 23.1. The summed E-state index contributed by atoms with van der Waals surface area (Å²) >= 11 is 6.71. The van der Waals surface area contributed by atoms with Gasteiger partial charge in [-0.25, -0.2) is 0 Å². The van der Waals surface area contributed by atoms with Crippen molar-refractivity contribution in [2.75, 3.05) is 0 Å². The van der Waals surface area contributed by atoms with Crippen molar-refractivity contribution < 1.29 is 0 Å². The molecule has 0 bridgehead atoms. The van der Waals surface area contributed by atoms with Crippen LogP contribution in [-0.4, -0.2) is 31.5 Å². The summed E-state index contributed by atoms with van der Waals surface area (Å²) in [6, 6.07) is 0. The van der Waals surface area contributed by atoms with Crippen molar-refractivity contribution in [1.82, 2.24) is 0 Å². The summed E-state index contributed by atoms with van der Waals surface area (Å²) in [5.74, 6) is 5.84. The van der Waals surface area contributed by atoms with Gasteiger partial charge in [0.05, 0.1) is 0 Å². The molecule has 0 nitrogen and oxygen atoms in total. The van der Waals surface area contributed by atoms with E-state index in [1.54, 1.807) is 0 Å². The maximum atomic E-state index is 2.35. The average molecular weight is 685 g/mol. The van der Waals surface area contributed by atoms with Crippen LogP contribution in [0.1, 0.15) is 199 Å². The van der Waals surface area contributed by atoms with Gasteiger partial charge < -0.3 is 0 Å². The lowest BCUT2D eigenvalue weighted by Crippen LogP contribution is -2.25. The van der Waals surface area contributed by atoms with Gasteiger partial charge in [0.1, 0.15) is 0 Å². The normalized spacial score (nSPS) is 19.6. The van der Waals surface area contributed by atoms with Crippen LogP contribution in [0.3, 0.4) is 0 Å². The molecule has 45 heavy (non-hydrogen) atoms. The summed E-state index contributed by atoms with van der Waals surface area (Å²) < 4.78 is 0. The predicted molar refractivity (Wildman–Crippen MR) is 218 cm³/mol. The highest BCUT2D eigenvalue weighted by Crippen LogP contribution is 2.42. The molecule has 0 spiro atoms. The molecule has 0 amide bonds. The van der Waals surface area contributed by atoms with Crippen LogP contribution in [0.25, 0.3) is 0 Å². The second-order valence-electron chi connectivity index (χ2n) is 17.2. The Kier molecular flexibility index (Phi) is 25.4. The van der Waals surface area contributed by atoms with E-state index in [1.165, 1.54) is 116 Å². The molecule has 3 heteroatoms. The summed E-state index contributed by atoms with van der Waals surface area (Å²) in [6.07, 6.45) is 26.5. The van der Waals surface area contributed by atoms with Crippen molar-refractivity contribution in [2.24, 2.45) is 35.5 Å². The fourth-order valence-electron chi connectivity index (χ4n) is 6.91. The standard InChI is InChI=1S/3C14H28S/c3*1-11(2)7-5-10-14(15-12(3)4)13-8-6-9-13/h3*11-14H,5-10H2,1-4H3/t2*14-;/m10./s1. The monoisotopic (exact) mass is 685 g/mol. The third-order valence-electron chi connectivity index (χ3n) is 10.2. The largest absolute Gasteiger partial charge is 0.155 e. The molecule has 0 aromatic carbocycles. The minimum atomic E-state index is 0.814. The maximum Gasteiger partial charge on any atom is 0.00779 e. The first-order valence-electron chi connectivity index (χ1n) is 20.2. The maximum absolute atomic E-state index is 2.35. The zero-order chi connectivity index (χ0) is 33.8. The lowest BCUT2D eigenvalue weighted by atomic mass is 9.81. The van der Waals surface area contributed by atoms with Crippen LogP contribution in [-0.2, 0) is 0 Å². The molecule has 3 rings (SSSR count). The first-order chi connectivity index (χ1) is 21.3. The highest BCUT2D eigenvalue weighted by molar-refractivity contribution is 8.00. The summed E-state index contributed by atoms with van der Waals surface area (Å²) in [6.45, 7) is 28.1. The average Bonchev–Trinajstić information content (AvgIpc) is 2.79. The van der Waals surface area contributed by atoms with E-state index in [0.717, 1.165) is 67.0 Å². The Morgan fingerprint density at radius 2 is 0.578 bits per heavy atom. The van der Waals surface area contributed by atoms with Gasteiger partial charge in [-0.15, -0.1) is 0 Å². The lowest BCUT2D eigenvalue weighted by Gasteiger charge is -2.34. The second kappa shape index (κ2) is 25.9. The fraction of sp³-hybridized carbons (Fsp3) is 1.00. The van der Waals surface area contributed by atoms with Crippen LogP contribution in [0.5, 0.6) is 0 Å². The van der Waals surface area contributed by atoms with Crippen LogP contribution in [0, 0.1) is 35.5 Å². The Bertz CT molecular complexity index is 567. The molecular weight excluding hydrogens is 601 g/mol. The molecule has 0 N–H and O–H groups in total. The summed E-state index contributed by atoms with van der Waals surface area (Å²) in [4.78, 5) is 0. The van der Waals surface area contributed by atoms with Crippen LogP contribution < -0.4 is 0 Å². The van der Waals surface area contributed by atoms with Crippen molar-refractivity contribution in [3.63, 3.8) is 0 Å². The summed E-state index contributed by atoms with van der Waals surface area (Å²) in [5.41, 5.74) is 0. The lowest BCUT2D eigenvalue weighted by molar-refractivity contribution is 0.293. The van der Waals surface area contributed by atoms with Gasteiger partial charge in [-0.1, -0.05) is 141 Å². The van der Waals surface area contributed by atoms with Gasteiger partial charge in [0.25, 0.3) is 0 Å². The topological polar surface area (TPSA) is 0 Å². The van der Waals surface area contributed by atoms with Crippen LogP contribution in [0.4, 0.5) is 0 Å². The van der Waals surface area contributed by atoms with Gasteiger partial charge in [-0.3, -0.25) is 0 Å². The molecule has 0 saturated heterocycles. The highest BCUT2D eigenvalue weighted by Gasteiger charge is 2.29. The van der Waals surface area contributed by atoms with Gasteiger partial charge in [-0.2, -0.15) is 35.3 Å². The molecular formula is C42H84S3. The Hall–Kier alpha value is 1.05. The van der Waals surface area contributed by atoms with Crippen molar-refractivity contribution in [2.45, 2.75) is 230 Å². The quantitative estimate of drug-likeness (QED) is 0.118. The van der Waals surface area contributed by atoms with Gasteiger partial charge in [0.15, 0.2) is 0 Å². The van der Waals surface area contributed by atoms with Crippen molar-refractivity contribution in [3.05, 3.63) is 0 Å². The molecule has 3 aliphatic rings. The van der Waals surface area contributed by atoms with E-state index in [1.807, 2.05) is 0 Å². The van der Waals surface area contributed by atoms with Gasteiger partial charge >= 0.3 is 0 Å². The minimum absolute atomic E-state index is 0.814. The van der Waals surface area contributed by atoms with E-state index >= 15 is 0 Å². The molecule has 3 saturated carbocycles. The van der Waals surface area contributed by atoms with Gasteiger partial charge in [0.2, 0.25) is 0 Å². The molecule has 0 aliphatic heterocycles. The highest BCUT2D eigenvalue weighted by atomic mass is 32.2. The number of hydrogen-bond acceptors (Lipinski definition) is 3. The zero-order valence-electron chi connectivity index (χ0n) is 32.9. The third-order valence-corrected chi connectivity index (χ3v) is 14.7. The van der Waals surface area contributed by atoms with E-state index in [4.69, 9.17) is 0 Å². The minimum Gasteiger partial charge on any atom is -0.155 e. The van der Waals surface area contributed by atoms with E-state index in [-0.39, 0.29) is 0 Å². The smallest absolute Gasteiger partial charge is 0.00779 e. The molecule has 1 unspecified atom stereocenters. The molecule has 3 aliphatic carbocycles. The Balaban J connectivity index is 0.000000337. The Labute approximate surface area is 299 Å². The van der Waals surface area contributed by atoms with Crippen LogP contribution in [0.15, 0.2) is 0 Å². The first kappa shape index (κ1) is 44.1. The van der Waals surface area contributed by atoms with Crippen molar-refractivity contribution in [3.8, 4) is 0 Å². The predicted octanol–water partition coefficient (Wildman–Crippen LogP) is 15.4. The molecule has 0 heterocycles. The van der Waals surface area contributed by atoms with E-state index < -0.39 is 0 Å². The molecule has 0 aromatic rings. The van der Waals surface area contributed by atoms with Gasteiger partial charge in [-0.05, 0) is 109 Å². The number of thioether (sulfide) groups is 3. The van der Waals surface area contributed by atoms with E-state index in [9.17, 15) is 0 Å². The summed E-state index contributed by atoms with van der Waals surface area (Å²) in [5, 5.41) is 5.35. The Morgan fingerprint density at radius 1 is 0.356 bits per heavy atom. The third kappa shape index (κ3) is 22.4.